The van der Waals surface area contributed by atoms with Crippen LogP contribution >= 0.6 is 0 Å². The van der Waals surface area contributed by atoms with Gasteiger partial charge >= 0.3 is 6.09 Å². The molecule has 2 rings (SSSR count). The first-order valence-corrected chi connectivity index (χ1v) is 6.83. The van der Waals surface area contributed by atoms with Crippen molar-refractivity contribution in [3.8, 4) is 0 Å². The Morgan fingerprint density at radius 2 is 2.16 bits per heavy atom. The van der Waals surface area contributed by atoms with Crippen molar-refractivity contribution in [2.45, 2.75) is 31.8 Å². The Bertz CT molecular complexity index is 362. The van der Waals surface area contributed by atoms with Crippen molar-refractivity contribution in [3.63, 3.8) is 0 Å². The molecule has 2 amide bonds. The summed E-state index contributed by atoms with van der Waals surface area (Å²) in [6, 6.07) is -0.0583. The van der Waals surface area contributed by atoms with Gasteiger partial charge < -0.3 is 15.0 Å². The van der Waals surface area contributed by atoms with Crippen molar-refractivity contribution in [1.82, 2.24) is 15.5 Å². The molecular weight excluding hydrogens is 246 g/mol. The maximum atomic E-state index is 11.9. The predicted molar refractivity (Wildman–Crippen MR) is 70.7 cm³/mol. The van der Waals surface area contributed by atoms with Crippen LogP contribution in [-0.4, -0.2) is 55.2 Å². The minimum Gasteiger partial charge on any atom is -0.450 e. The highest BCUT2D eigenvalue weighted by atomic mass is 16.6. The zero-order valence-corrected chi connectivity index (χ0v) is 11.2. The molecule has 0 spiro atoms. The molecule has 6 nitrogen and oxygen atoms in total. The van der Waals surface area contributed by atoms with Crippen LogP contribution < -0.4 is 10.6 Å². The number of nitrogens with one attached hydrogen (secondary N) is 2. The Balaban J connectivity index is 1.72. The highest BCUT2D eigenvalue weighted by molar-refractivity contribution is 5.84. The van der Waals surface area contributed by atoms with Gasteiger partial charge in [0, 0.05) is 25.7 Å². The molecule has 1 saturated heterocycles. The van der Waals surface area contributed by atoms with Gasteiger partial charge in [-0.05, 0) is 19.8 Å². The third-order valence-corrected chi connectivity index (χ3v) is 3.43. The van der Waals surface area contributed by atoms with Crippen molar-refractivity contribution in [2.75, 3.05) is 26.2 Å². The van der Waals surface area contributed by atoms with Gasteiger partial charge in [-0.2, -0.15) is 0 Å². The van der Waals surface area contributed by atoms with Gasteiger partial charge in [0.1, 0.15) is 6.04 Å². The van der Waals surface area contributed by atoms with Gasteiger partial charge in [0.05, 0.1) is 6.61 Å². The van der Waals surface area contributed by atoms with Crippen molar-refractivity contribution < 1.29 is 14.3 Å². The third kappa shape index (κ3) is 3.70. The van der Waals surface area contributed by atoms with Crippen LogP contribution in [0, 0.1) is 0 Å². The molecule has 6 heteroatoms. The summed E-state index contributed by atoms with van der Waals surface area (Å²) < 4.78 is 4.96. The van der Waals surface area contributed by atoms with E-state index < -0.39 is 0 Å². The van der Waals surface area contributed by atoms with E-state index in [4.69, 9.17) is 4.74 Å². The van der Waals surface area contributed by atoms with Gasteiger partial charge in [-0.25, -0.2) is 4.79 Å². The van der Waals surface area contributed by atoms with Crippen LogP contribution in [0.3, 0.4) is 0 Å². The molecule has 0 unspecified atom stereocenters. The smallest absolute Gasteiger partial charge is 0.409 e. The van der Waals surface area contributed by atoms with Crippen LogP contribution in [0.5, 0.6) is 0 Å². The minimum atomic E-state index is -0.257. The Kier molecular flexibility index (Phi) is 4.79. The molecule has 0 saturated carbocycles. The molecule has 0 bridgehead atoms. The van der Waals surface area contributed by atoms with Gasteiger partial charge in [-0.3, -0.25) is 10.1 Å². The summed E-state index contributed by atoms with van der Waals surface area (Å²) in [6.07, 6.45) is 5.13. The second-order valence-corrected chi connectivity index (χ2v) is 4.78. The Morgan fingerprint density at radius 3 is 2.74 bits per heavy atom. The van der Waals surface area contributed by atoms with E-state index in [0.717, 1.165) is 19.4 Å². The summed E-state index contributed by atoms with van der Waals surface area (Å²) >= 11 is 0. The van der Waals surface area contributed by atoms with Crippen LogP contribution in [-0.2, 0) is 9.53 Å². The average Bonchev–Trinajstić information content (AvgIpc) is 2.94. The van der Waals surface area contributed by atoms with Gasteiger partial charge in [0.15, 0.2) is 0 Å². The van der Waals surface area contributed by atoms with E-state index in [9.17, 15) is 9.59 Å². The molecule has 2 heterocycles. The third-order valence-electron chi connectivity index (χ3n) is 3.43. The van der Waals surface area contributed by atoms with Crippen molar-refractivity contribution in [2.24, 2.45) is 0 Å². The lowest BCUT2D eigenvalue weighted by Crippen LogP contribution is -2.50. The Morgan fingerprint density at radius 1 is 1.42 bits per heavy atom. The fourth-order valence-electron chi connectivity index (χ4n) is 2.36. The molecule has 1 fully saturated rings. The molecule has 0 radical (unpaired) electrons. The second-order valence-electron chi connectivity index (χ2n) is 4.78. The van der Waals surface area contributed by atoms with Gasteiger partial charge in [0.25, 0.3) is 0 Å². The number of hydrogen-bond acceptors (Lipinski definition) is 4. The van der Waals surface area contributed by atoms with Crippen LogP contribution in [0.2, 0.25) is 0 Å². The Labute approximate surface area is 113 Å². The predicted octanol–water partition coefficient (Wildman–Crippen LogP) is 0.252. The molecular formula is C13H21N3O3. The summed E-state index contributed by atoms with van der Waals surface area (Å²) in [5, 5.41) is 6.10. The van der Waals surface area contributed by atoms with Crippen LogP contribution in [0.15, 0.2) is 12.2 Å². The van der Waals surface area contributed by atoms with E-state index in [1.807, 2.05) is 12.2 Å². The first kappa shape index (κ1) is 13.9. The monoisotopic (exact) mass is 267 g/mol. The van der Waals surface area contributed by atoms with Crippen LogP contribution in [0.4, 0.5) is 4.79 Å². The number of amides is 2. The fourth-order valence-corrected chi connectivity index (χ4v) is 2.36. The summed E-state index contributed by atoms with van der Waals surface area (Å²) in [5.74, 6) is 0.0170. The molecule has 2 N–H and O–H groups in total. The number of likely N-dealkylation sites (tertiary alicyclic amines) is 1. The average molecular weight is 267 g/mol. The van der Waals surface area contributed by atoms with Gasteiger partial charge in [-0.1, -0.05) is 12.2 Å². The molecule has 0 aromatic carbocycles. The zero-order chi connectivity index (χ0) is 13.7. The van der Waals surface area contributed by atoms with Gasteiger partial charge in [0.2, 0.25) is 5.91 Å². The van der Waals surface area contributed by atoms with Crippen molar-refractivity contribution in [1.29, 1.82) is 0 Å². The number of ether oxygens (including phenoxy) is 1. The number of rotatable bonds is 3. The lowest BCUT2D eigenvalue weighted by atomic mass is 10.0. The van der Waals surface area contributed by atoms with E-state index in [2.05, 4.69) is 10.6 Å². The number of piperidine rings is 1. The first-order chi connectivity index (χ1) is 9.20. The largest absolute Gasteiger partial charge is 0.450 e. The second kappa shape index (κ2) is 6.56. The molecule has 0 aromatic heterocycles. The number of carbonyl (C=O) groups is 2. The van der Waals surface area contributed by atoms with Gasteiger partial charge in [-0.15, -0.1) is 0 Å². The van der Waals surface area contributed by atoms with Crippen molar-refractivity contribution >= 4 is 12.0 Å². The topological polar surface area (TPSA) is 70.7 Å². The summed E-state index contributed by atoms with van der Waals surface area (Å²) in [6.45, 7) is 4.22. The van der Waals surface area contributed by atoms with Crippen LogP contribution in [0.1, 0.15) is 19.8 Å². The zero-order valence-electron chi connectivity index (χ0n) is 11.2. The molecule has 106 valence electrons. The van der Waals surface area contributed by atoms with E-state index >= 15 is 0 Å². The summed E-state index contributed by atoms with van der Waals surface area (Å²) in [4.78, 5) is 25.1. The molecule has 19 heavy (non-hydrogen) atoms. The quantitative estimate of drug-likeness (QED) is 0.719. The molecule has 2 aliphatic heterocycles. The standard InChI is InChI=1S/C13H21N3O3/c1-2-19-13(18)16-8-5-10(6-9-16)15-12(17)11-4-3-7-14-11/h3-4,10-11,14H,2,5-9H2,1H3,(H,15,17)/t11-/m1/s1. The summed E-state index contributed by atoms with van der Waals surface area (Å²) in [5.41, 5.74) is 0. The van der Waals surface area contributed by atoms with E-state index in [1.165, 1.54) is 0 Å². The SMILES string of the molecule is CCOC(=O)N1CCC(NC(=O)[C@H]2C=CCN2)CC1. The summed E-state index contributed by atoms with van der Waals surface area (Å²) in [7, 11) is 0. The fraction of sp³-hybridized carbons (Fsp3) is 0.692. The van der Waals surface area contributed by atoms with E-state index in [0.29, 0.717) is 19.7 Å². The number of nitrogens with zero attached hydrogens (tertiary/aromatic N) is 1. The Hall–Kier alpha value is -1.56. The minimum absolute atomic E-state index is 0.0170. The molecule has 0 aliphatic carbocycles. The van der Waals surface area contributed by atoms with E-state index in [-0.39, 0.29) is 24.1 Å². The molecule has 1 atom stereocenters. The molecule has 0 aromatic rings. The molecule has 2 aliphatic rings. The lowest BCUT2D eigenvalue weighted by molar-refractivity contribution is -0.122. The highest BCUT2D eigenvalue weighted by Gasteiger charge is 2.26. The normalized spacial score (nSPS) is 23.4. The maximum absolute atomic E-state index is 11.9. The first-order valence-electron chi connectivity index (χ1n) is 6.83. The number of carbonyl (C=O) groups excluding carboxylic acids is 2. The number of hydrogen-bond donors (Lipinski definition) is 2. The lowest BCUT2D eigenvalue weighted by Gasteiger charge is -2.32. The van der Waals surface area contributed by atoms with Crippen LogP contribution in [0.25, 0.3) is 0 Å². The van der Waals surface area contributed by atoms with E-state index in [1.54, 1.807) is 11.8 Å². The van der Waals surface area contributed by atoms with Crippen molar-refractivity contribution in [3.05, 3.63) is 12.2 Å². The highest BCUT2D eigenvalue weighted by Crippen LogP contribution is 2.12. The maximum Gasteiger partial charge on any atom is 0.409 e.